The number of amides is 1. The number of rotatable bonds is 6. The molecule has 0 radical (unpaired) electrons. The van der Waals surface area contributed by atoms with E-state index in [-0.39, 0.29) is 24.5 Å². The van der Waals surface area contributed by atoms with Gasteiger partial charge in [-0.15, -0.1) is 0 Å². The quantitative estimate of drug-likeness (QED) is 0.750. The lowest BCUT2D eigenvalue weighted by atomic mass is 9.99. The number of likely N-dealkylation sites (tertiary alicyclic amines) is 1. The topological polar surface area (TPSA) is 82.2 Å². The monoisotopic (exact) mass is 424 g/mol. The van der Waals surface area contributed by atoms with Crippen LogP contribution < -0.4 is 10.1 Å². The summed E-state index contributed by atoms with van der Waals surface area (Å²) < 4.78 is 33.3. The third-order valence-electron chi connectivity index (χ3n) is 5.63. The van der Waals surface area contributed by atoms with Crippen molar-refractivity contribution in [1.29, 1.82) is 0 Å². The summed E-state index contributed by atoms with van der Waals surface area (Å²) in [7, 11) is 1.64. The Hall–Kier alpha value is -1.68. The molecule has 1 unspecified atom stereocenters. The molecule has 8 nitrogen and oxygen atoms in total. The van der Waals surface area contributed by atoms with E-state index in [0.29, 0.717) is 25.1 Å². The number of carbonyl (C=O) groups excluding carboxylic acids is 1. The largest absolute Gasteiger partial charge is 0.490 e. The first-order valence-electron chi connectivity index (χ1n) is 10.2. The third-order valence-corrected chi connectivity index (χ3v) is 7.54. The molecule has 2 saturated heterocycles. The molecule has 162 valence electrons. The summed E-state index contributed by atoms with van der Waals surface area (Å²) in [6, 6.07) is 7.41. The Bertz CT molecular complexity index is 789. The molecule has 2 aliphatic rings. The number of ether oxygens (including phenoxy) is 1. The minimum absolute atomic E-state index is 0.146. The average molecular weight is 425 g/mol. The normalized spacial score (nSPS) is 22.6. The molecule has 2 heterocycles. The number of anilines is 1. The summed E-state index contributed by atoms with van der Waals surface area (Å²) in [6.07, 6.45) is 3.63. The standard InChI is InChI=1S/C20H32N4O4S/c1-22(2)29(26,27)24-12-4-5-16(15-24)20(25)21-17-6-8-18(9-7-17)28-19-10-13-23(3)14-11-19/h6-9,16,19H,4-5,10-15H2,1-3H3,(H,21,25). The smallest absolute Gasteiger partial charge is 0.281 e. The van der Waals surface area contributed by atoms with Crippen molar-refractivity contribution in [1.82, 2.24) is 13.5 Å². The fourth-order valence-electron chi connectivity index (χ4n) is 3.75. The van der Waals surface area contributed by atoms with Crippen LogP contribution in [0.25, 0.3) is 0 Å². The Morgan fingerprint density at radius 3 is 2.38 bits per heavy atom. The number of hydrogen-bond acceptors (Lipinski definition) is 5. The molecule has 1 N–H and O–H groups in total. The highest BCUT2D eigenvalue weighted by molar-refractivity contribution is 7.86. The van der Waals surface area contributed by atoms with Crippen molar-refractivity contribution >= 4 is 21.8 Å². The van der Waals surface area contributed by atoms with Crippen LogP contribution in [0.2, 0.25) is 0 Å². The molecule has 1 aromatic carbocycles. The molecular weight excluding hydrogens is 392 g/mol. The third kappa shape index (κ3) is 5.69. The lowest BCUT2D eigenvalue weighted by Crippen LogP contribution is -2.47. The number of piperidine rings is 2. The Morgan fingerprint density at radius 2 is 1.76 bits per heavy atom. The zero-order valence-electron chi connectivity index (χ0n) is 17.5. The molecule has 0 bridgehead atoms. The lowest BCUT2D eigenvalue weighted by molar-refractivity contribution is -0.120. The molecule has 1 atom stereocenters. The van der Waals surface area contributed by atoms with Gasteiger partial charge in [0.15, 0.2) is 0 Å². The van der Waals surface area contributed by atoms with Gasteiger partial charge in [-0.25, -0.2) is 0 Å². The summed E-state index contributed by atoms with van der Waals surface area (Å²) in [6.45, 7) is 2.75. The van der Waals surface area contributed by atoms with Gasteiger partial charge in [-0.05, 0) is 57.0 Å². The highest BCUT2D eigenvalue weighted by Gasteiger charge is 2.33. The summed E-state index contributed by atoms with van der Waals surface area (Å²) in [4.78, 5) is 15.0. The highest BCUT2D eigenvalue weighted by atomic mass is 32.2. The van der Waals surface area contributed by atoms with Crippen LogP contribution in [0.5, 0.6) is 5.75 Å². The molecule has 0 aromatic heterocycles. The minimum Gasteiger partial charge on any atom is -0.490 e. The van der Waals surface area contributed by atoms with Crippen molar-refractivity contribution in [2.75, 3.05) is 52.6 Å². The zero-order valence-corrected chi connectivity index (χ0v) is 18.3. The Labute approximate surface area is 174 Å². The van der Waals surface area contributed by atoms with E-state index >= 15 is 0 Å². The highest BCUT2D eigenvalue weighted by Crippen LogP contribution is 2.24. The molecule has 0 saturated carbocycles. The Morgan fingerprint density at radius 1 is 1.10 bits per heavy atom. The van der Waals surface area contributed by atoms with E-state index in [0.717, 1.165) is 31.7 Å². The van der Waals surface area contributed by atoms with E-state index in [4.69, 9.17) is 4.74 Å². The average Bonchev–Trinajstić information content (AvgIpc) is 2.71. The SMILES string of the molecule is CN1CCC(Oc2ccc(NC(=O)C3CCCN(S(=O)(=O)N(C)C)C3)cc2)CC1. The van der Waals surface area contributed by atoms with Gasteiger partial charge in [-0.1, -0.05) is 0 Å². The van der Waals surface area contributed by atoms with Crippen LogP contribution in [0.3, 0.4) is 0 Å². The number of carbonyl (C=O) groups is 1. The predicted molar refractivity (Wildman–Crippen MR) is 113 cm³/mol. The molecule has 3 rings (SSSR count). The summed E-state index contributed by atoms with van der Waals surface area (Å²) in [5.74, 6) is 0.305. The number of benzene rings is 1. The van der Waals surface area contributed by atoms with Crippen LogP contribution in [-0.2, 0) is 15.0 Å². The summed E-state index contributed by atoms with van der Waals surface area (Å²) in [5, 5.41) is 2.91. The molecule has 1 aromatic rings. The first-order chi connectivity index (χ1) is 13.8. The summed E-state index contributed by atoms with van der Waals surface area (Å²) >= 11 is 0. The van der Waals surface area contributed by atoms with Crippen LogP contribution in [0.1, 0.15) is 25.7 Å². The van der Waals surface area contributed by atoms with E-state index < -0.39 is 10.2 Å². The first kappa shape index (κ1) is 22.0. The molecular formula is C20H32N4O4S. The van der Waals surface area contributed by atoms with Gasteiger partial charge in [-0.2, -0.15) is 17.0 Å². The van der Waals surface area contributed by atoms with Crippen molar-refractivity contribution in [2.24, 2.45) is 5.92 Å². The molecule has 1 amide bonds. The lowest BCUT2D eigenvalue weighted by Gasteiger charge is -2.32. The van der Waals surface area contributed by atoms with Crippen molar-refractivity contribution in [3.05, 3.63) is 24.3 Å². The van der Waals surface area contributed by atoms with E-state index in [2.05, 4.69) is 17.3 Å². The van der Waals surface area contributed by atoms with E-state index in [1.807, 2.05) is 24.3 Å². The van der Waals surface area contributed by atoms with Crippen molar-refractivity contribution in [2.45, 2.75) is 31.8 Å². The number of hydrogen-bond donors (Lipinski definition) is 1. The summed E-state index contributed by atoms with van der Waals surface area (Å²) in [5.41, 5.74) is 0.693. The molecule has 0 spiro atoms. The van der Waals surface area contributed by atoms with E-state index in [1.165, 1.54) is 22.7 Å². The predicted octanol–water partition coefficient (Wildman–Crippen LogP) is 1.62. The van der Waals surface area contributed by atoms with Crippen LogP contribution in [0, 0.1) is 5.92 Å². The van der Waals surface area contributed by atoms with Crippen LogP contribution in [0.15, 0.2) is 24.3 Å². The molecule has 0 aliphatic carbocycles. The fourth-order valence-corrected chi connectivity index (χ4v) is 4.94. The van der Waals surface area contributed by atoms with E-state index in [9.17, 15) is 13.2 Å². The van der Waals surface area contributed by atoms with Crippen LogP contribution in [-0.4, -0.2) is 81.3 Å². The van der Waals surface area contributed by atoms with Gasteiger partial charge in [0, 0.05) is 46.0 Å². The fraction of sp³-hybridized carbons (Fsp3) is 0.650. The number of nitrogens with zero attached hydrogens (tertiary/aromatic N) is 3. The van der Waals surface area contributed by atoms with Gasteiger partial charge >= 0.3 is 0 Å². The second-order valence-corrected chi connectivity index (χ2v) is 10.3. The van der Waals surface area contributed by atoms with Crippen LogP contribution in [0.4, 0.5) is 5.69 Å². The maximum Gasteiger partial charge on any atom is 0.281 e. The van der Waals surface area contributed by atoms with Crippen LogP contribution >= 0.6 is 0 Å². The van der Waals surface area contributed by atoms with Gasteiger partial charge in [0.05, 0.1) is 5.92 Å². The first-order valence-corrected chi connectivity index (χ1v) is 11.6. The van der Waals surface area contributed by atoms with E-state index in [1.54, 1.807) is 0 Å². The van der Waals surface area contributed by atoms with Crippen molar-refractivity contribution in [3.8, 4) is 5.75 Å². The molecule has 9 heteroatoms. The minimum atomic E-state index is -3.50. The Balaban J connectivity index is 1.53. The van der Waals surface area contributed by atoms with Gasteiger partial charge < -0.3 is 15.0 Å². The van der Waals surface area contributed by atoms with Crippen molar-refractivity contribution in [3.63, 3.8) is 0 Å². The number of nitrogens with one attached hydrogen (secondary N) is 1. The maximum atomic E-state index is 12.7. The van der Waals surface area contributed by atoms with Gasteiger partial charge in [0.1, 0.15) is 11.9 Å². The second kappa shape index (κ2) is 9.42. The van der Waals surface area contributed by atoms with Gasteiger partial charge in [-0.3, -0.25) is 4.79 Å². The zero-order chi connectivity index (χ0) is 21.0. The Kier molecular flexibility index (Phi) is 7.15. The molecule has 2 fully saturated rings. The molecule has 29 heavy (non-hydrogen) atoms. The van der Waals surface area contributed by atoms with Gasteiger partial charge in [0.2, 0.25) is 5.91 Å². The molecule has 2 aliphatic heterocycles. The van der Waals surface area contributed by atoms with Crippen molar-refractivity contribution < 1.29 is 17.9 Å². The second-order valence-electron chi connectivity index (χ2n) is 8.12. The van der Waals surface area contributed by atoms with Gasteiger partial charge in [0.25, 0.3) is 10.2 Å². The maximum absolute atomic E-state index is 12.7.